The third kappa shape index (κ3) is 4.48. The van der Waals surface area contributed by atoms with Crippen molar-refractivity contribution >= 4 is 15.9 Å². The first-order valence-electron chi connectivity index (χ1n) is 9.19. The number of rotatable bonds is 5. The molecule has 0 unspecified atom stereocenters. The molecule has 2 fully saturated rings. The van der Waals surface area contributed by atoms with Gasteiger partial charge in [-0.25, -0.2) is 17.5 Å². The zero-order chi connectivity index (χ0) is 19.5. The molecule has 0 saturated carbocycles. The summed E-state index contributed by atoms with van der Waals surface area (Å²) in [6.07, 6.45) is 2.34. The predicted molar refractivity (Wildman–Crippen MR) is 98.2 cm³/mol. The minimum atomic E-state index is -3.70. The van der Waals surface area contributed by atoms with Crippen molar-refractivity contribution in [3.63, 3.8) is 0 Å². The van der Waals surface area contributed by atoms with E-state index >= 15 is 0 Å². The molecule has 0 bridgehead atoms. The molecule has 1 amide bonds. The largest absolute Gasteiger partial charge is 0.368 e. The molecule has 2 aliphatic heterocycles. The predicted octanol–water partition coefficient (Wildman–Crippen LogP) is 0.864. The van der Waals surface area contributed by atoms with E-state index in [4.69, 9.17) is 4.74 Å². The van der Waals surface area contributed by atoms with E-state index < -0.39 is 21.4 Å². The Balaban J connectivity index is 1.58. The molecule has 2 N–H and O–H groups in total. The Morgan fingerprint density at radius 1 is 1.22 bits per heavy atom. The topological polar surface area (TPSA) is 87.7 Å². The monoisotopic (exact) mass is 399 g/mol. The Bertz CT molecular complexity index is 755. The number of likely N-dealkylation sites (tertiary alicyclic amines) is 1. The van der Waals surface area contributed by atoms with Gasteiger partial charge in [-0.15, -0.1) is 0 Å². The number of sulfonamides is 1. The summed E-state index contributed by atoms with van der Waals surface area (Å²) >= 11 is 0. The van der Waals surface area contributed by atoms with Crippen LogP contribution in [0, 0.1) is 5.82 Å². The lowest BCUT2D eigenvalue weighted by atomic mass is 9.89. The maximum absolute atomic E-state index is 13.0. The van der Waals surface area contributed by atoms with Crippen molar-refractivity contribution in [2.24, 2.45) is 0 Å². The van der Waals surface area contributed by atoms with Gasteiger partial charge in [-0.2, -0.15) is 0 Å². The van der Waals surface area contributed by atoms with E-state index in [1.807, 2.05) is 0 Å². The van der Waals surface area contributed by atoms with Crippen LogP contribution >= 0.6 is 0 Å². The molecule has 2 aliphatic rings. The SMILES string of the molecule is COC1(C(=O)N2CCC(NS(=O)(=O)c3ccc(F)cc3)CC2)CCNCC1. The van der Waals surface area contributed by atoms with Crippen LogP contribution in [0.25, 0.3) is 0 Å². The fraction of sp³-hybridized carbons (Fsp3) is 0.611. The fourth-order valence-corrected chi connectivity index (χ4v) is 5.03. The van der Waals surface area contributed by atoms with Crippen molar-refractivity contribution in [1.82, 2.24) is 14.9 Å². The molecule has 0 radical (unpaired) electrons. The van der Waals surface area contributed by atoms with Crippen molar-refractivity contribution < 1.29 is 22.3 Å². The van der Waals surface area contributed by atoms with Crippen molar-refractivity contribution in [2.75, 3.05) is 33.3 Å². The van der Waals surface area contributed by atoms with Crippen LogP contribution in [0.3, 0.4) is 0 Å². The molecule has 0 aromatic heterocycles. The number of piperidine rings is 2. The van der Waals surface area contributed by atoms with Crippen LogP contribution in [-0.4, -0.2) is 64.2 Å². The van der Waals surface area contributed by atoms with E-state index in [1.165, 1.54) is 12.1 Å². The molecule has 1 aromatic rings. The van der Waals surface area contributed by atoms with Gasteiger partial charge < -0.3 is 15.0 Å². The van der Waals surface area contributed by atoms with Gasteiger partial charge in [-0.1, -0.05) is 0 Å². The molecule has 0 spiro atoms. The summed E-state index contributed by atoms with van der Waals surface area (Å²) in [4.78, 5) is 14.8. The van der Waals surface area contributed by atoms with E-state index in [0.717, 1.165) is 25.2 Å². The van der Waals surface area contributed by atoms with Crippen LogP contribution in [-0.2, 0) is 19.6 Å². The molecule has 0 atom stereocenters. The average Bonchev–Trinajstić information content (AvgIpc) is 2.68. The second-order valence-corrected chi connectivity index (χ2v) is 8.80. The number of ether oxygens (including phenoxy) is 1. The maximum atomic E-state index is 13.0. The number of carbonyl (C=O) groups excluding carboxylic acids is 1. The molecule has 1 aromatic carbocycles. The Hall–Kier alpha value is -1.55. The highest BCUT2D eigenvalue weighted by molar-refractivity contribution is 7.89. The van der Waals surface area contributed by atoms with Gasteiger partial charge in [0, 0.05) is 26.2 Å². The van der Waals surface area contributed by atoms with Gasteiger partial charge >= 0.3 is 0 Å². The fourth-order valence-electron chi connectivity index (χ4n) is 3.73. The van der Waals surface area contributed by atoms with Crippen LogP contribution in [0.1, 0.15) is 25.7 Å². The summed E-state index contributed by atoms with van der Waals surface area (Å²) in [5.74, 6) is -0.489. The molecule has 0 aliphatic carbocycles. The van der Waals surface area contributed by atoms with Gasteiger partial charge in [-0.3, -0.25) is 4.79 Å². The number of methoxy groups -OCH3 is 1. The summed E-state index contributed by atoms with van der Waals surface area (Å²) in [7, 11) is -2.13. The number of hydrogen-bond acceptors (Lipinski definition) is 5. The highest BCUT2D eigenvalue weighted by Gasteiger charge is 2.43. The Labute approximate surface area is 159 Å². The number of benzene rings is 1. The number of hydrogen-bond donors (Lipinski definition) is 2. The molecular formula is C18H26FN3O4S. The van der Waals surface area contributed by atoms with Crippen molar-refractivity contribution in [3.8, 4) is 0 Å². The van der Waals surface area contributed by atoms with Gasteiger partial charge in [0.05, 0.1) is 4.90 Å². The third-order valence-corrected chi connectivity index (χ3v) is 6.96. The van der Waals surface area contributed by atoms with E-state index in [1.54, 1.807) is 12.0 Å². The molecular weight excluding hydrogens is 373 g/mol. The van der Waals surface area contributed by atoms with E-state index in [2.05, 4.69) is 10.0 Å². The second-order valence-electron chi connectivity index (χ2n) is 7.09. The summed E-state index contributed by atoms with van der Waals surface area (Å²) in [5.41, 5.74) is -0.772. The highest BCUT2D eigenvalue weighted by atomic mass is 32.2. The lowest BCUT2D eigenvalue weighted by molar-refractivity contribution is -0.159. The summed E-state index contributed by atoms with van der Waals surface area (Å²) < 4.78 is 46.1. The molecule has 3 rings (SSSR count). The second kappa shape index (κ2) is 8.22. The van der Waals surface area contributed by atoms with Crippen molar-refractivity contribution in [3.05, 3.63) is 30.1 Å². The maximum Gasteiger partial charge on any atom is 0.254 e. The first-order valence-corrected chi connectivity index (χ1v) is 10.7. The lowest BCUT2D eigenvalue weighted by Gasteiger charge is -2.41. The average molecular weight is 399 g/mol. The number of halogens is 1. The van der Waals surface area contributed by atoms with Crippen LogP contribution in [0.15, 0.2) is 29.2 Å². The van der Waals surface area contributed by atoms with Crippen molar-refractivity contribution in [2.45, 2.75) is 42.2 Å². The van der Waals surface area contributed by atoms with Gasteiger partial charge in [0.1, 0.15) is 11.4 Å². The van der Waals surface area contributed by atoms with E-state index in [-0.39, 0.29) is 16.8 Å². The minimum absolute atomic E-state index is 0.00802. The molecule has 150 valence electrons. The van der Waals surface area contributed by atoms with Crippen LogP contribution in [0.2, 0.25) is 0 Å². The van der Waals surface area contributed by atoms with Gasteiger partial charge in [0.15, 0.2) is 0 Å². The number of nitrogens with zero attached hydrogens (tertiary/aromatic N) is 1. The molecule has 7 nitrogen and oxygen atoms in total. The number of nitrogens with one attached hydrogen (secondary N) is 2. The van der Waals surface area contributed by atoms with Gasteiger partial charge in [-0.05, 0) is 63.0 Å². The Kier molecular flexibility index (Phi) is 6.15. The first-order chi connectivity index (χ1) is 12.9. The zero-order valence-electron chi connectivity index (χ0n) is 15.4. The summed E-state index contributed by atoms with van der Waals surface area (Å²) in [6, 6.07) is 4.49. The van der Waals surface area contributed by atoms with Crippen molar-refractivity contribution in [1.29, 1.82) is 0 Å². The minimum Gasteiger partial charge on any atom is -0.368 e. The van der Waals surface area contributed by atoms with Crippen LogP contribution in [0.4, 0.5) is 4.39 Å². The van der Waals surface area contributed by atoms with Gasteiger partial charge in [0.2, 0.25) is 10.0 Å². The van der Waals surface area contributed by atoms with Crippen LogP contribution < -0.4 is 10.0 Å². The molecule has 9 heteroatoms. The molecule has 2 heterocycles. The number of amides is 1. The van der Waals surface area contributed by atoms with Crippen LogP contribution in [0.5, 0.6) is 0 Å². The standard InChI is InChI=1S/C18H26FN3O4S/c1-26-18(8-10-20-11-9-18)17(23)22-12-6-15(7-13-22)21-27(24,25)16-4-2-14(19)3-5-16/h2-5,15,20-21H,6-13H2,1H3. The van der Waals surface area contributed by atoms with E-state index in [9.17, 15) is 17.6 Å². The van der Waals surface area contributed by atoms with E-state index in [0.29, 0.717) is 38.8 Å². The molecule has 2 saturated heterocycles. The van der Waals surface area contributed by atoms with Gasteiger partial charge in [0.25, 0.3) is 5.91 Å². The summed E-state index contributed by atoms with van der Waals surface area (Å²) in [6.45, 7) is 2.45. The summed E-state index contributed by atoms with van der Waals surface area (Å²) in [5, 5.41) is 3.23. The molecule has 27 heavy (non-hydrogen) atoms. The smallest absolute Gasteiger partial charge is 0.254 e. The third-order valence-electron chi connectivity index (χ3n) is 5.42. The highest BCUT2D eigenvalue weighted by Crippen LogP contribution is 2.27. The Morgan fingerprint density at radius 2 is 1.81 bits per heavy atom. The Morgan fingerprint density at radius 3 is 2.37 bits per heavy atom. The first kappa shape index (κ1) is 20.2. The lowest BCUT2D eigenvalue weighted by Crippen LogP contribution is -2.57. The normalized spacial score (nSPS) is 21.2. The quantitative estimate of drug-likeness (QED) is 0.767. The zero-order valence-corrected chi connectivity index (χ0v) is 16.2. The number of carbonyl (C=O) groups is 1.